The van der Waals surface area contributed by atoms with E-state index < -0.39 is 0 Å². The molecule has 0 bridgehead atoms. The number of hydrogen-bond acceptors (Lipinski definition) is 3. The van der Waals surface area contributed by atoms with Crippen LogP contribution in [0.25, 0.3) is 0 Å². The number of rotatable bonds is 4. The number of nitrogen functional groups attached to an aromatic ring is 1. The summed E-state index contributed by atoms with van der Waals surface area (Å²) in [6.07, 6.45) is 8.66. The van der Waals surface area contributed by atoms with Crippen molar-refractivity contribution in [3.8, 4) is 0 Å². The van der Waals surface area contributed by atoms with Crippen molar-refractivity contribution in [1.82, 2.24) is 9.78 Å². The summed E-state index contributed by atoms with van der Waals surface area (Å²) in [6.45, 7) is 0. The Labute approximate surface area is 134 Å². The summed E-state index contributed by atoms with van der Waals surface area (Å²) in [5.74, 6) is 0.822. The van der Waals surface area contributed by atoms with E-state index in [9.17, 15) is 0 Å². The first-order valence-corrected chi connectivity index (χ1v) is 8.80. The molecule has 1 aliphatic carbocycles. The van der Waals surface area contributed by atoms with Gasteiger partial charge in [-0.1, -0.05) is 30.9 Å². The summed E-state index contributed by atoms with van der Waals surface area (Å²) in [6, 6.07) is 8.30. The molecule has 1 heterocycles. The van der Waals surface area contributed by atoms with Crippen LogP contribution in [-0.4, -0.2) is 9.78 Å². The van der Waals surface area contributed by atoms with Crippen molar-refractivity contribution >= 4 is 29.1 Å². The second-order valence-corrected chi connectivity index (χ2v) is 6.98. The minimum Gasteiger partial charge on any atom is -0.399 e. The van der Waals surface area contributed by atoms with Crippen LogP contribution in [0, 0.1) is 0 Å². The summed E-state index contributed by atoms with van der Waals surface area (Å²) < 4.78 is 2.15. The van der Waals surface area contributed by atoms with Crippen molar-refractivity contribution in [2.24, 2.45) is 0 Å². The highest BCUT2D eigenvalue weighted by atomic mass is 35.5. The Morgan fingerprint density at radius 3 is 2.86 bits per heavy atom. The van der Waals surface area contributed by atoms with Crippen molar-refractivity contribution < 1.29 is 0 Å². The normalized spacial score (nSPS) is 16.2. The predicted molar refractivity (Wildman–Crippen MR) is 89.8 cm³/mol. The largest absolute Gasteiger partial charge is 0.399 e. The minimum atomic E-state index is 0.591. The van der Waals surface area contributed by atoms with Crippen LogP contribution in [0.1, 0.15) is 43.8 Å². The summed E-state index contributed by atoms with van der Waals surface area (Å²) in [7, 11) is 0. The van der Waals surface area contributed by atoms with Crippen molar-refractivity contribution in [2.45, 2.75) is 48.8 Å². The Bertz CT molecular complexity index is 605. The number of halogens is 1. The van der Waals surface area contributed by atoms with Gasteiger partial charge < -0.3 is 5.73 Å². The van der Waals surface area contributed by atoms with Gasteiger partial charge in [-0.05, 0) is 37.1 Å². The van der Waals surface area contributed by atoms with Gasteiger partial charge in [0.15, 0.2) is 0 Å². The molecule has 0 spiro atoms. The average Bonchev–Trinajstić information content (AvgIpc) is 2.98. The molecule has 5 heteroatoms. The summed E-state index contributed by atoms with van der Waals surface area (Å²) in [5.41, 5.74) is 7.65. The maximum Gasteiger partial charge on any atom is 0.0727 e. The van der Waals surface area contributed by atoms with Crippen LogP contribution in [0.5, 0.6) is 0 Å². The lowest BCUT2D eigenvalue weighted by molar-refractivity contribution is 0.328. The molecule has 0 amide bonds. The number of benzene rings is 1. The van der Waals surface area contributed by atoms with Gasteiger partial charge in [-0.2, -0.15) is 5.10 Å². The van der Waals surface area contributed by atoms with Gasteiger partial charge in [0.2, 0.25) is 0 Å². The van der Waals surface area contributed by atoms with E-state index in [-0.39, 0.29) is 0 Å². The van der Waals surface area contributed by atoms with Crippen LogP contribution in [0.4, 0.5) is 5.69 Å². The predicted octanol–water partition coefficient (Wildman–Crippen LogP) is 4.92. The van der Waals surface area contributed by atoms with E-state index in [1.807, 2.05) is 18.2 Å². The molecule has 0 atom stereocenters. The molecule has 0 radical (unpaired) electrons. The molecule has 0 unspecified atom stereocenters. The summed E-state index contributed by atoms with van der Waals surface area (Å²) >= 11 is 7.87. The smallest absolute Gasteiger partial charge is 0.0727 e. The van der Waals surface area contributed by atoms with E-state index in [0.717, 1.165) is 27.1 Å². The molecule has 0 aliphatic heterocycles. The Hall–Kier alpha value is -1.13. The second kappa shape index (κ2) is 6.75. The molecular formula is C16H20ClN3S. The summed E-state index contributed by atoms with van der Waals surface area (Å²) in [4.78, 5) is 1.02. The van der Waals surface area contributed by atoms with Crippen LogP contribution < -0.4 is 5.73 Å². The van der Waals surface area contributed by atoms with Crippen LogP contribution in [0.15, 0.2) is 35.4 Å². The zero-order valence-electron chi connectivity index (χ0n) is 12.0. The standard InChI is InChI=1S/C16H20ClN3S/c17-15-7-6-12(18)10-16(15)21-11-13-8-9-20(19-13)14-4-2-1-3-5-14/h6-10,14H,1-5,11,18H2. The van der Waals surface area contributed by atoms with E-state index in [2.05, 4.69) is 16.9 Å². The van der Waals surface area contributed by atoms with Crippen molar-refractivity contribution in [3.05, 3.63) is 41.2 Å². The lowest BCUT2D eigenvalue weighted by Gasteiger charge is -2.21. The van der Waals surface area contributed by atoms with Gasteiger partial charge in [0.05, 0.1) is 16.8 Å². The molecule has 1 saturated carbocycles. The first-order chi connectivity index (χ1) is 10.2. The number of aromatic nitrogens is 2. The fourth-order valence-electron chi connectivity index (χ4n) is 2.79. The molecule has 2 N–H and O–H groups in total. The van der Waals surface area contributed by atoms with Gasteiger partial charge in [-0.25, -0.2) is 0 Å². The molecule has 1 aliphatic rings. The van der Waals surface area contributed by atoms with Gasteiger partial charge in [-0.3, -0.25) is 4.68 Å². The Morgan fingerprint density at radius 1 is 1.24 bits per heavy atom. The zero-order valence-corrected chi connectivity index (χ0v) is 13.5. The Balaban J connectivity index is 1.63. The molecule has 1 fully saturated rings. The fourth-order valence-corrected chi connectivity index (χ4v) is 3.95. The Kier molecular flexibility index (Phi) is 4.76. The van der Waals surface area contributed by atoms with Crippen LogP contribution >= 0.6 is 23.4 Å². The van der Waals surface area contributed by atoms with E-state index in [0.29, 0.717) is 6.04 Å². The number of hydrogen-bond donors (Lipinski definition) is 1. The highest BCUT2D eigenvalue weighted by Gasteiger charge is 2.16. The molecule has 21 heavy (non-hydrogen) atoms. The number of nitrogens with zero attached hydrogens (tertiary/aromatic N) is 2. The number of anilines is 1. The number of nitrogens with two attached hydrogens (primary N) is 1. The topological polar surface area (TPSA) is 43.8 Å². The molecule has 3 nitrogen and oxygen atoms in total. The average molecular weight is 322 g/mol. The van der Waals surface area contributed by atoms with Crippen molar-refractivity contribution in [2.75, 3.05) is 5.73 Å². The third-order valence-corrected chi connectivity index (χ3v) is 5.47. The second-order valence-electron chi connectivity index (χ2n) is 5.56. The molecule has 1 aromatic heterocycles. The van der Waals surface area contributed by atoms with Gasteiger partial charge in [0.1, 0.15) is 0 Å². The van der Waals surface area contributed by atoms with Crippen molar-refractivity contribution in [1.29, 1.82) is 0 Å². The minimum absolute atomic E-state index is 0.591. The third-order valence-electron chi connectivity index (χ3n) is 3.94. The van der Waals surface area contributed by atoms with Gasteiger partial charge >= 0.3 is 0 Å². The maximum atomic E-state index is 6.19. The van der Waals surface area contributed by atoms with E-state index in [4.69, 9.17) is 22.4 Å². The van der Waals surface area contributed by atoms with E-state index >= 15 is 0 Å². The quantitative estimate of drug-likeness (QED) is 0.642. The monoisotopic (exact) mass is 321 g/mol. The third kappa shape index (κ3) is 3.74. The van der Waals surface area contributed by atoms with Gasteiger partial charge in [-0.15, -0.1) is 11.8 Å². The van der Waals surface area contributed by atoms with Crippen LogP contribution in [-0.2, 0) is 5.75 Å². The summed E-state index contributed by atoms with van der Waals surface area (Å²) in [5, 5.41) is 5.47. The lowest BCUT2D eigenvalue weighted by atomic mass is 9.96. The van der Waals surface area contributed by atoms with Gasteiger partial charge in [0, 0.05) is 22.5 Å². The lowest BCUT2D eigenvalue weighted by Crippen LogP contribution is -2.13. The van der Waals surface area contributed by atoms with Gasteiger partial charge in [0.25, 0.3) is 0 Å². The van der Waals surface area contributed by atoms with Crippen LogP contribution in [0.2, 0.25) is 5.02 Å². The van der Waals surface area contributed by atoms with E-state index in [1.165, 1.54) is 32.1 Å². The zero-order chi connectivity index (χ0) is 14.7. The number of thioether (sulfide) groups is 1. The van der Waals surface area contributed by atoms with E-state index in [1.54, 1.807) is 11.8 Å². The molecule has 0 saturated heterocycles. The fraction of sp³-hybridized carbons (Fsp3) is 0.438. The first kappa shape index (κ1) is 14.8. The first-order valence-electron chi connectivity index (χ1n) is 7.44. The SMILES string of the molecule is Nc1ccc(Cl)c(SCc2ccn(C3CCCCC3)n2)c1. The highest BCUT2D eigenvalue weighted by Crippen LogP contribution is 2.32. The van der Waals surface area contributed by atoms with Crippen molar-refractivity contribution in [3.63, 3.8) is 0 Å². The van der Waals surface area contributed by atoms with Crippen LogP contribution in [0.3, 0.4) is 0 Å². The maximum absolute atomic E-state index is 6.19. The Morgan fingerprint density at radius 2 is 2.05 bits per heavy atom. The molecular weight excluding hydrogens is 302 g/mol. The molecule has 3 rings (SSSR count). The highest BCUT2D eigenvalue weighted by molar-refractivity contribution is 7.98. The molecule has 2 aromatic rings. The molecule has 112 valence electrons. The molecule has 1 aromatic carbocycles.